The zero-order valence-electron chi connectivity index (χ0n) is 12.3. The standard InChI is InChI=1S/C14H21ClN2O2S2/c1-10(16)7-11-3-4-12(8-13(11)15)17-5-6-20-9-14(17)21(2,18)19/h3-4,8,10,14H,5-7,9,16H2,1-2H3. The van der Waals surface area contributed by atoms with E-state index in [1.54, 1.807) is 11.8 Å². The van der Waals surface area contributed by atoms with Crippen molar-refractivity contribution in [1.82, 2.24) is 0 Å². The van der Waals surface area contributed by atoms with Crippen LogP contribution in [0.25, 0.3) is 0 Å². The number of halogens is 1. The molecule has 1 aliphatic heterocycles. The van der Waals surface area contributed by atoms with Crippen LogP contribution in [0.4, 0.5) is 5.69 Å². The third-order valence-corrected chi connectivity index (χ3v) is 6.48. The highest BCUT2D eigenvalue weighted by Crippen LogP contribution is 2.30. The van der Waals surface area contributed by atoms with Crippen LogP contribution in [0.1, 0.15) is 12.5 Å². The molecule has 0 spiro atoms. The van der Waals surface area contributed by atoms with Crippen LogP contribution in [0.15, 0.2) is 18.2 Å². The van der Waals surface area contributed by atoms with Crippen molar-refractivity contribution in [2.24, 2.45) is 5.73 Å². The summed E-state index contributed by atoms with van der Waals surface area (Å²) in [6.07, 6.45) is 2.01. The van der Waals surface area contributed by atoms with E-state index in [1.165, 1.54) is 6.26 Å². The van der Waals surface area contributed by atoms with E-state index in [-0.39, 0.29) is 6.04 Å². The van der Waals surface area contributed by atoms with E-state index in [0.717, 1.165) is 17.0 Å². The highest BCUT2D eigenvalue weighted by atomic mass is 35.5. The normalized spacial score (nSPS) is 21.3. The number of anilines is 1. The highest BCUT2D eigenvalue weighted by molar-refractivity contribution is 8.01. The minimum Gasteiger partial charge on any atom is -0.353 e. The third kappa shape index (κ3) is 4.28. The van der Waals surface area contributed by atoms with Gasteiger partial charge in [-0.25, -0.2) is 8.42 Å². The second-order valence-electron chi connectivity index (χ2n) is 5.51. The molecule has 0 radical (unpaired) electrons. The van der Waals surface area contributed by atoms with Crippen molar-refractivity contribution in [3.8, 4) is 0 Å². The number of thioether (sulfide) groups is 1. The first-order valence-corrected chi connectivity index (χ1v) is 10.3. The Morgan fingerprint density at radius 2 is 2.24 bits per heavy atom. The zero-order chi connectivity index (χ0) is 15.6. The second-order valence-corrected chi connectivity index (χ2v) is 9.27. The first kappa shape index (κ1) is 16.9. The van der Waals surface area contributed by atoms with Gasteiger partial charge in [0.1, 0.15) is 5.37 Å². The highest BCUT2D eigenvalue weighted by Gasteiger charge is 2.31. The van der Waals surface area contributed by atoms with E-state index < -0.39 is 15.2 Å². The van der Waals surface area contributed by atoms with Crippen molar-refractivity contribution in [2.45, 2.75) is 24.8 Å². The number of rotatable bonds is 4. The van der Waals surface area contributed by atoms with Gasteiger partial charge in [-0.1, -0.05) is 17.7 Å². The first-order chi connectivity index (χ1) is 9.79. The molecular formula is C14H21ClN2O2S2. The minimum atomic E-state index is -3.12. The van der Waals surface area contributed by atoms with Crippen molar-refractivity contribution < 1.29 is 8.42 Å². The van der Waals surface area contributed by atoms with E-state index in [1.807, 2.05) is 30.0 Å². The molecule has 2 N–H and O–H groups in total. The fourth-order valence-electron chi connectivity index (χ4n) is 2.46. The van der Waals surface area contributed by atoms with Crippen LogP contribution in [0.2, 0.25) is 5.02 Å². The second kappa shape index (κ2) is 6.77. The van der Waals surface area contributed by atoms with Crippen molar-refractivity contribution in [3.05, 3.63) is 28.8 Å². The van der Waals surface area contributed by atoms with E-state index >= 15 is 0 Å². The number of nitrogens with two attached hydrogens (primary N) is 1. The molecule has 118 valence electrons. The molecule has 1 fully saturated rings. The summed E-state index contributed by atoms with van der Waals surface area (Å²) < 4.78 is 23.9. The number of hydrogen-bond acceptors (Lipinski definition) is 5. The topological polar surface area (TPSA) is 63.4 Å². The number of hydrogen-bond donors (Lipinski definition) is 1. The lowest BCUT2D eigenvalue weighted by Crippen LogP contribution is -2.47. The quantitative estimate of drug-likeness (QED) is 0.903. The maximum atomic E-state index is 12.0. The molecule has 0 bridgehead atoms. The van der Waals surface area contributed by atoms with Crippen LogP contribution in [0, 0.1) is 0 Å². The molecule has 0 aromatic heterocycles. The molecular weight excluding hydrogens is 328 g/mol. The summed E-state index contributed by atoms with van der Waals surface area (Å²) in [6.45, 7) is 2.65. The molecule has 1 saturated heterocycles. The van der Waals surface area contributed by atoms with Crippen molar-refractivity contribution >= 4 is 38.9 Å². The van der Waals surface area contributed by atoms with Crippen molar-refractivity contribution in [1.29, 1.82) is 0 Å². The summed E-state index contributed by atoms with van der Waals surface area (Å²) in [4.78, 5) is 1.94. The van der Waals surface area contributed by atoms with Crippen LogP contribution in [-0.2, 0) is 16.3 Å². The van der Waals surface area contributed by atoms with Gasteiger partial charge in [-0.05, 0) is 31.0 Å². The average molecular weight is 349 g/mol. The molecule has 21 heavy (non-hydrogen) atoms. The summed E-state index contributed by atoms with van der Waals surface area (Å²) in [6, 6.07) is 5.79. The van der Waals surface area contributed by atoms with E-state index in [2.05, 4.69) is 0 Å². The van der Waals surface area contributed by atoms with Gasteiger partial charge in [-0.3, -0.25) is 0 Å². The first-order valence-electron chi connectivity index (χ1n) is 6.86. The lowest BCUT2D eigenvalue weighted by atomic mass is 10.1. The molecule has 1 aromatic carbocycles. The molecule has 2 atom stereocenters. The van der Waals surface area contributed by atoms with Crippen LogP contribution in [0.3, 0.4) is 0 Å². The molecule has 0 saturated carbocycles. The van der Waals surface area contributed by atoms with Gasteiger partial charge < -0.3 is 10.6 Å². The number of sulfone groups is 1. The smallest absolute Gasteiger partial charge is 0.169 e. The predicted octanol–water partition coefficient (Wildman–Crippen LogP) is 2.15. The Labute approximate surface area is 135 Å². The molecule has 1 heterocycles. The summed E-state index contributed by atoms with van der Waals surface area (Å²) in [5.41, 5.74) is 7.67. The van der Waals surface area contributed by atoms with E-state index in [9.17, 15) is 8.42 Å². The summed E-state index contributed by atoms with van der Waals surface area (Å²) in [7, 11) is -3.12. The van der Waals surface area contributed by atoms with Gasteiger partial charge in [0, 0.05) is 41.1 Å². The maximum absolute atomic E-state index is 12.0. The summed E-state index contributed by atoms with van der Waals surface area (Å²) >= 11 is 7.99. The average Bonchev–Trinajstić information content (AvgIpc) is 2.40. The van der Waals surface area contributed by atoms with Gasteiger partial charge in [0.2, 0.25) is 0 Å². The van der Waals surface area contributed by atoms with Gasteiger partial charge in [-0.2, -0.15) is 11.8 Å². The SMILES string of the molecule is CC(N)Cc1ccc(N2CCSCC2S(C)(=O)=O)cc1Cl. The van der Waals surface area contributed by atoms with Gasteiger partial charge in [-0.15, -0.1) is 0 Å². The van der Waals surface area contributed by atoms with Gasteiger partial charge in [0.15, 0.2) is 9.84 Å². The monoisotopic (exact) mass is 348 g/mol. The van der Waals surface area contributed by atoms with Crippen molar-refractivity contribution in [3.63, 3.8) is 0 Å². The fourth-order valence-corrected chi connectivity index (χ4v) is 5.55. The van der Waals surface area contributed by atoms with Gasteiger partial charge in [0.25, 0.3) is 0 Å². The Hall–Kier alpha value is -0.430. The molecule has 7 heteroatoms. The van der Waals surface area contributed by atoms with Gasteiger partial charge in [0.05, 0.1) is 0 Å². The van der Waals surface area contributed by atoms with Crippen molar-refractivity contribution in [2.75, 3.05) is 29.2 Å². The lowest BCUT2D eigenvalue weighted by Gasteiger charge is -2.36. The Kier molecular flexibility index (Phi) is 5.46. The van der Waals surface area contributed by atoms with E-state index in [0.29, 0.717) is 23.7 Å². The van der Waals surface area contributed by atoms with Crippen LogP contribution in [0.5, 0.6) is 0 Å². The molecule has 4 nitrogen and oxygen atoms in total. The minimum absolute atomic E-state index is 0.0449. The zero-order valence-corrected chi connectivity index (χ0v) is 14.6. The van der Waals surface area contributed by atoms with Crippen LogP contribution < -0.4 is 10.6 Å². The Morgan fingerprint density at radius 1 is 1.52 bits per heavy atom. The molecule has 2 rings (SSSR count). The Bertz CT molecular complexity index is 605. The molecule has 1 aromatic rings. The third-order valence-electron chi connectivity index (χ3n) is 3.49. The largest absolute Gasteiger partial charge is 0.353 e. The number of benzene rings is 1. The summed E-state index contributed by atoms with van der Waals surface area (Å²) in [5, 5.41) is 0.168. The Balaban J connectivity index is 2.29. The maximum Gasteiger partial charge on any atom is 0.169 e. The predicted molar refractivity (Wildman–Crippen MR) is 92.1 cm³/mol. The molecule has 0 amide bonds. The lowest BCUT2D eigenvalue weighted by molar-refractivity contribution is 0.584. The molecule has 0 aliphatic carbocycles. The molecule has 1 aliphatic rings. The Morgan fingerprint density at radius 3 is 2.81 bits per heavy atom. The molecule has 2 unspecified atom stereocenters. The van der Waals surface area contributed by atoms with Crippen LogP contribution >= 0.6 is 23.4 Å². The number of nitrogens with zero attached hydrogens (tertiary/aromatic N) is 1. The fraction of sp³-hybridized carbons (Fsp3) is 0.571. The van der Waals surface area contributed by atoms with Gasteiger partial charge >= 0.3 is 0 Å². The van der Waals surface area contributed by atoms with E-state index in [4.69, 9.17) is 17.3 Å². The van der Waals surface area contributed by atoms with Crippen LogP contribution in [-0.4, -0.2) is 44.1 Å². The summed E-state index contributed by atoms with van der Waals surface area (Å²) in [5.74, 6) is 1.52.